The number of rotatable bonds is 7. The lowest BCUT2D eigenvalue weighted by Crippen LogP contribution is -2.47. The third kappa shape index (κ3) is 8.77. The van der Waals surface area contributed by atoms with Crippen molar-refractivity contribution < 1.29 is 9.53 Å². The fourth-order valence-electron chi connectivity index (χ4n) is 2.97. The van der Waals surface area contributed by atoms with E-state index in [9.17, 15) is 4.79 Å². The molecular weight excluding hydrogens is 501 g/mol. The maximum Gasteiger partial charge on any atom is 0.225 e. The Kier molecular flexibility index (Phi) is 11.4. The Morgan fingerprint density at radius 2 is 1.86 bits per heavy atom. The maximum absolute atomic E-state index is 11.9. The van der Waals surface area contributed by atoms with E-state index in [1.165, 1.54) is 9.75 Å². The Balaban J connectivity index is 0.00000420. The fourth-order valence-corrected chi connectivity index (χ4v) is 3.98. The molecule has 9 heteroatoms. The van der Waals surface area contributed by atoms with Gasteiger partial charge in [0.05, 0.1) is 19.3 Å². The van der Waals surface area contributed by atoms with Crippen LogP contribution in [0.4, 0.5) is 0 Å². The lowest BCUT2D eigenvalue weighted by Gasteiger charge is -2.34. The molecule has 0 spiro atoms. The zero-order valence-corrected chi connectivity index (χ0v) is 21.4. The van der Waals surface area contributed by atoms with Crippen molar-refractivity contribution in [2.24, 2.45) is 10.4 Å². The number of nitrogens with zero attached hydrogens (tertiary/aromatic N) is 2. The molecule has 7 nitrogen and oxygen atoms in total. The smallest absolute Gasteiger partial charge is 0.225 e. The van der Waals surface area contributed by atoms with E-state index in [2.05, 4.69) is 44.9 Å². The van der Waals surface area contributed by atoms with Crippen molar-refractivity contribution in [3.63, 3.8) is 0 Å². The molecule has 166 valence electrons. The summed E-state index contributed by atoms with van der Waals surface area (Å²) in [5, 5.41) is 9.66. The van der Waals surface area contributed by atoms with E-state index in [0.717, 1.165) is 38.8 Å². The number of nitrogens with one attached hydrogen (secondary N) is 3. The number of ether oxygens (including phenoxy) is 1. The standard InChI is InChI=1S/C20H35N5O2S.HI/c1-15-6-7-17(28-15)16(25-10-12-27-13-11-25)14-24-19(21-5)23-9-8-22-18(26)20(2,3)4;/h6-7,16H,8-14H2,1-5H3,(H,22,26)(H2,21,23,24);1H. The summed E-state index contributed by atoms with van der Waals surface area (Å²) in [6.07, 6.45) is 0. The van der Waals surface area contributed by atoms with Crippen LogP contribution in [0.25, 0.3) is 0 Å². The lowest BCUT2D eigenvalue weighted by atomic mass is 9.96. The van der Waals surface area contributed by atoms with Gasteiger partial charge in [0, 0.05) is 54.9 Å². The van der Waals surface area contributed by atoms with Gasteiger partial charge in [0.15, 0.2) is 5.96 Å². The highest BCUT2D eigenvalue weighted by molar-refractivity contribution is 14.0. The molecule has 1 aliphatic heterocycles. The van der Waals surface area contributed by atoms with Crippen LogP contribution in [0.15, 0.2) is 17.1 Å². The second kappa shape index (κ2) is 12.7. The zero-order chi connectivity index (χ0) is 20.6. The van der Waals surface area contributed by atoms with E-state index in [-0.39, 0.29) is 35.3 Å². The number of amides is 1. The average Bonchev–Trinajstić information content (AvgIpc) is 3.09. The summed E-state index contributed by atoms with van der Waals surface area (Å²) in [7, 11) is 1.77. The monoisotopic (exact) mass is 537 g/mol. The van der Waals surface area contributed by atoms with Crippen molar-refractivity contribution in [2.75, 3.05) is 53.0 Å². The minimum absolute atomic E-state index is 0. The molecule has 1 unspecified atom stereocenters. The molecule has 2 rings (SSSR count). The largest absolute Gasteiger partial charge is 0.379 e. The van der Waals surface area contributed by atoms with E-state index in [4.69, 9.17) is 4.74 Å². The van der Waals surface area contributed by atoms with Crippen LogP contribution in [-0.2, 0) is 9.53 Å². The van der Waals surface area contributed by atoms with Crippen molar-refractivity contribution in [2.45, 2.75) is 33.7 Å². The highest BCUT2D eigenvalue weighted by atomic mass is 127. The van der Waals surface area contributed by atoms with Crippen molar-refractivity contribution >= 4 is 47.2 Å². The number of carbonyl (C=O) groups is 1. The van der Waals surface area contributed by atoms with Gasteiger partial charge >= 0.3 is 0 Å². The summed E-state index contributed by atoms with van der Waals surface area (Å²) in [4.78, 5) is 21.4. The van der Waals surface area contributed by atoms with Crippen molar-refractivity contribution in [1.82, 2.24) is 20.9 Å². The molecule has 1 amide bonds. The Morgan fingerprint density at radius 3 is 2.41 bits per heavy atom. The molecule has 1 atom stereocenters. The van der Waals surface area contributed by atoms with Crippen LogP contribution in [0, 0.1) is 12.3 Å². The van der Waals surface area contributed by atoms with Crippen LogP contribution >= 0.6 is 35.3 Å². The van der Waals surface area contributed by atoms with Gasteiger partial charge in [-0.25, -0.2) is 0 Å². The number of aryl methyl sites for hydroxylation is 1. The SMILES string of the molecule is CN=C(NCCNC(=O)C(C)(C)C)NCC(c1ccc(C)s1)N1CCOCC1.I. The molecule has 1 aromatic heterocycles. The van der Waals surface area contributed by atoms with Crippen molar-refractivity contribution in [3.8, 4) is 0 Å². The first-order chi connectivity index (χ1) is 13.3. The minimum Gasteiger partial charge on any atom is -0.379 e. The van der Waals surface area contributed by atoms with Gasteiger partial charge in [0.1, 0.15) is 0 Å². The van der Waals surface area contributed by atoms with E-state index in [1.807, 2.05) is 32.1 Å². The summed E-state index contributed by atoms with van der Waals surface area (Å²) in [5.41, 5.74) is -0.371. The summed E-state index contributed by atoms with van der Waals surface area (Å²) in [6, 6.07) is 4.69. The van der Waals surface area contributed by atoms with Crippen molar-refractivity contribution in [3.05, 3.63) is 21.9 Å². The second-order valence-corrected chi connectivity index (χ2v) is 9.32. The van der Waals surface area contributed by atoms with E-state index >= 15 is 0 Å². The molecule has 1 saturated heterocycles. The fraction of sp³-hybridized carbons (Fsp3) is 0.700. The number of guanidine groups is 1. The molecule has 0 aliphatic carbocycles. The third-order valence-corrected chi connectivity index (χ3v) is 5.75. The van der Waals surface area contributed by atoms with Gasteiger partial charge in [-0.15, -0.1) is 35.3 Å². The predicted octanol–water partition coefficient (Wildman–Crippen LogP) is 2.38. The zero-order valence-electron chi connectivity index (χ0n) is 18.2. The van der Waals surface area contributed by atoms with Gasteiger partial charge in [-0.2, -0.15) is 0 Å². The van der Waals surface area contributed by atoms with Gasteiger partial charge < -0.3 is 20.7 Å². The predicted molar refractivity (Wildman–Crippen MR) is 131 cm³/mol. The molecule has 0 saturated carbocycles. The van der Waals surface area contributed by atoms with Gasteiger partial charge in [-0.1, -0.05) is 20.8 Å². The first kappa shape index (κ1) is 26.1. The molecule has 0 aromatic carbocycles. The number of carbonyl (C=O) groups excluding carboxylic acids is 1. The molecule has 0 radical (unpaired) electrons. The average molecular weight is 538 g/mol. The molecule has 0 bridgehead atoms. The van der Waals surface area contributed by atoms with Crippen LogP contribution in [0.3, 0.4) is 0 Å². The second-order valence-electron chi connectivity index (χ2n) is 8.00. The van der Waals surface area contributed by atoms with Crippen molar-refractivity contribution in [1.29, 1.82) is 0 Å². The quantitative estimate of drug-likeness (QED) is 0.216. The molecular formula is C20H36IN5O2S. The van der Waals surface area contributed by atoms with Gasteiger partial charge in [-0.05, 0) is 19.1 Å². The lowest BCUT2D eigenvalue weighted by molar-refractivity contribution is -0.128. The van der Waals surface area contributed by atoms with Gasteiger partial charge in [0.2, 0.25) is 5.91 Å². The van der Waals surface area contributed by atoms with Crippen LogP contribution < -0.4 is 16.0 Å². The molecule has 29 heavy (non-hydrogen) atoms. The van der Waals surface area contributed by atoms with Gasteiger partial charge in [0.25, 0.3) is 0 Å². The number of morpholine rings is 1. The van der Waals surface area contributed by atoms with E-state index in [0.29, 0.717) is 19.1 Å². The summed E-state index contributed by atoms with van der Waals surface area (Å²) in [6.45, 7) is 13.3. The Morgan fingerprint density at radius 1 is 1.21 bits per heavy atom. The van der Waals surface area contributed by atoms with Crippen LogP contribution in [0.1, 0.15) is 36.6 Å². The van der Waals surface area contributed by atoms with Crippen LogP contribution in [0.5, 0.6) is 0 Å². The van der Waals surface area contributed by atoms with E-state index < -0.39 is 0 Å². The highest BCUT2D eigenvalue weighted by Crippen LogP contribution is 2.27. The van der Waals surface area contributed by atoms with Crippen LogP contribution in [0.2, 0.25) is 0 Å². The topological polar surface area (TPSA) is 78.0 Å². The molecule has 3 N–H and O–H groups in total. The minimum atomic E-state index is -0.371. The number of halogens is 1. The molecule has 2 heterocycles. The Bertz CT molecular complexity index is 654. The Hall–Kier alpha value is -0.910. The maximum atomic E-state index is 11.9. The first-order valence-corrected chi connectivity index (χ1v) is 10.7. The van der Waals surface area contributed by atoms with Crippen LogP contribution in [-0.4, -0.2) is 69.8 Å². The molecule has 1 fully saturated rings. The number of hydrogen-bond acceptors (Lipinski definition) is 5. The van der Waals surface area contributed by atoms with Gasteiger partial charge in [-0.3, -0.25) is 14.7 Å². The summed E-state index contributed by atoms with van der Waals surface area (Å²) >= 11 is 1.85. The molecule has 1 aliphatic rings. The number of hydrogen-bond donors (Lipinski definition) is 3. The first-order valence-electron chi connectivity index (χ1n) is 9.92. The highest BCUT2D eigenvalue weighted by Gasteiger charge is 2.24. The third-order valence-electron chi connectivity index (χ3n) is 4.65. The Labute approximate surface area is 196 Å². The van der Waals surface area contributed by atoms with E-state index in [1.54, 1.807) is 7.05 Å². The number of thiophene rings is 1. The number of aliphatic imine (C=N–C) groups is 1. The molecule has 1 aromatic rings. The summed E-state index contributed by atoms with van der Waals surface area (Å²) < 4.78 is 5.52. The normalized spacial score (nSPS) is 16.7. The summed E-state index contributed by atoms with van der Waals surface area (Å²) in [5.74, 6) is 0.800.